The summed E-state index contributed by atoms with van der Waals surface area (Å²) in [5.41, 5.74) is 7.86. The quantitative estimate of drug-likeness (QED) is 0.832. The van der Waals surface area contributed by atoms with Crippen LogP contribution in [0.4, 0.5) is 11.4 Å². The molecule has 102 valence electrons. The highest BCUT2D eigenvalue weighted by molar-refractivity contribution is 7.92. The van der Waals surface area contributed by atoms with Crippen molar-refractivity contribution in [1.29, 1.82) is 0 Å². The number of anilines is 2. The third-order valence-corrected chi connectivity index (χ3v) is 4.54. The molecule has 0 fully saturated rings. The number of nitrogens with one attached hydrogen (secondary N) is 1. The minimum Gasteiger partial charge on any atom is -0.398 e. The zero-order valence-corrected chi connectivity index (χ0v) is 11.8. The van der Waals surface area contributed by atoms with Crippen LogP contribution in [0.25, 0.3) is 0 Å². The summed E-state index contributed by atoms with van der Waals surface area (Å²) in [7, 11) is -1.95. The Morgan fingerprint density at radius 2 is 2.00 bits per heavy atom. The van der Waals surface area contributed by atoms with Crippen molar-refractivity contribution in [3.63, 3.8) is 0 Å². The molecule has 0 aliphatic rings. The molecule has 7 heteroatoms. The Balaban J connectivity index is 2.48. The van der Waals surface area contributed by atoms with E-state index in [0.29, 0.717) is 22.5 Å². The molecule has 0 saturated carbocycles. The minimum absolute atomic E-state index is 0.219. The van der Waals surface area contributed by atoms with Crippen LogP contribution in [0.1, 0.15) is 11.1 Å². The van der Waals surface area contributed by atoms with Gasteiger partial charge in [-0.05, 0) is 31.0 Å². The van der Waals surface area contributed by atoms with Crippen molar-refractivity contribution in [2.75, 3.05) is 10.5 Å². The fourth-order valence-corrected chi connectivity index (χ4v) is 3.47. The Morgan fingerprint density at radius 1 is 1.32 bits per heavy atom. The SMILES string of the molecule is Cc1ccc(N)c(C)c1S(=O)(=O)Nc1cnn(C)c1. The molecule has 0 bridgehead atoms. The lowest BCUT2D eigenvalue weighted by molar-refractivity contribution is 0.600. The number of benzene rings is 1. The van der Waals surface area contributed by atoms with Gasteiger partial charge >= 0.3 is 0 Å². The van der Waals surface area contributed by atoms with E-state index in [9.17, 15) is 8.42 Å². The summed E-state index contributed by atoms with van der Waals surface area (Å²) in [6.07, 6.45) is 3.04. The second-order valence-corrected chi connectivity index (χ2v) is 6.05. The summed E-state index contributed by atoms with van der Waals surface area (Å²) in [5, 5.41) is 3.92. The van der Waals surface area contributed by atoms with Gasteiger partial charge in [-0.2, -0.15) is 5.10 Å². The largest absolute Gasteiger partial charge is 0.398 e. The monoisotopic (exact) mass is 280 g/mol. The molecule has 2 aromatic rings. The first-order chi connectivity index (χ1) is 8.81. The predicted octanol–water partition coefficient (Wildman–Crippen LogP) is 1.42. The van der Waals surface area contributed by atoms with E-state index >= 15 is 0 Å². The molecule has 0 unspecified atom stereocenters. The van der Waals surface area contributed by atoms with Crippen LogP contribution >= 0.6 is 0 Å². The van der Waals surface area contributed by atoms with Crippen LogP contribution in [-0.4, -0.2) is 18.2 Å². The van der Waals surface area contributed by atoms with Crippen molar-refractivity contribution < 1.29 is 8.42 Å². The third kappa shape index (κ3) is 2.55. The summed E-state index contributed by atoms with van der Waals surface area (Å²) in [4.78, 5) is 0.219. The minimum atomic E-state index is -3.67. The number of nitrogens with two attached hydrogens (primary N) is 1. The zero-order valence-electron chi connectivity index (χ0n) is 11.0. The van der Waals surface area contributed by atoms with E-state index in [1.54, 1.807) is 39.2 Å². The maximum absolute atomic E-state index is 12.4. The highest BCUT2D eigenvalue weighted by Gasteiger charge is 2.21. The van der Waals surface area contributed by atoms with Crippen LogP contribution in [0, 0.1) is 13.8 Å². The summed E-state index contributed by atoms with van der Waals surface area (Å²) < 4.78 is 28.8. The molecule has 1 heterocycles. The Kier molecular flexibility index (Phi) is 3.23. The molecule has 1 aromatic carbocycles. The molecule has 0 amide bonds. The van der Waals surface area contributed by atoms with Crippen LogP contribution in [0.3, 0.4) is 0 Å². The smallest absolute Gasteiger partial charge is 0.262 e. The molecule has 0 radical (unpaired) electrons. The van der Waals surface area contributed by atoms with E-state index < -0.39 is 10.0 Å². The Hall–Kier alpha value is -2.02. The Morgan fingerprint density at radius 3 is 2.58 bits per heavy atom. The summed E-state index contributed by atoms with van der Waals surface area (Å²) >= 11 is 0. The Labute approximate surface area is 112 Å². The van der Waals surface area contributed by atoms with Gasteiger partial charge in [0, 0.05) is 18.9 Å². The van der Waals surface area contributed by atoms with Crippen molar-refractivity contribution >= 4 is 21.4 Å². The lowest BCUT2D eigenvalue weighted by atomic mass is 10.1. The molecular formula is C12H16N4O2S. The van der Waals surface area contributed by atoms with Crippen LogP contribution in [-0.2, 0) is 17.1 Å². The van der Waals surface area contributed by atoms with Crippen molar-refractivity contribution in [3.8, 4) is 0 Å². The highest BCUT2D eigenvalue weighted by atomic mass is 32.2. The van der Waals surface area contributed by atoms with E-state index in [0.717, 1.165) is 0 Å². The normalized spacial score (nSPS) is 11.5. The molecular weight excluding hydrogens is 264 g/mol. The predicted molar refractivity (Wildman–Crippen MR) is 74.3 cm³/mol. The molecule has 3 N–H and O–H groups in total. The van der Waals surface area contributed by atoms with E-state index in [1.165, 1.54) is 10.9 Å². The fourth-order valence-electron chi connectivity index (χ4n) is 1.94. The molecule has 2 rings (SSSR count). The first-order valence-corrected chi connectivity index (χ1v) is 7.17. The lowest BCUT2D eigenvalue weighted by Crippen LogP contribution is -2.16. The van der Waals surface area contributed by atoms with Gasteiger partial charge in [-0.1, -0.05) is 6.07 Å². The summed E-state index contributed by atoms with van der Waals surface area (Å²) in [6.45, 7) is 3.43. The van der Waals surface area contributed by atoms with E-state index in [2.05, 4.69) is 9.82 Å². The van der Waals surface area contributed by atoms with Gasteiger partial charge in [-0.25, -0.2) is 8.42 Å². The fraction of sp³-hybridized carbons (Fsp3) is 0.250. The average molecular weight is 280 g/mol. The van der Waals surface area contributed by atoms with Crippen LogP contribution < -0.4 is 10.5 Å². The van der Waals surface area contributed by atoms with Gasteiger partial charge in [-0.15, -0.1) is 0 Å². The number of nitrogen functional groups attached to an aromatic ring is 1. The van der Waals surface area contributed by atoms with Crippen molar-refractivity contribution in [2.24, 2.45) is 7.05 Å². The van der Waals surface area contributed by atoms with Crippen LogP contribution in [0.5, 0.6) is 0 Å². The van der Waals surface area contributed by atoms with E-state index in [1.807, 2.05) is 0 Å². The zero-order chi connectivity index (χ0) is 14.2. The van der Waals surface area contributed by atoms with E-state index in [-0.39, 0.29) is 4.90 Å². The maximum atomic E-state index is 12.4. The van der Waals surface area contributed by atoms with Gasteiger partial charge < -0.3 is 5.73 Å². The number of hydrogen-bond donors (Lipinski definition) is 2. The third-order valence-electron chi connectivity index (χ3n) is 2.87. The molecule has 0 spiro atoms. The molecule has 0 saturated heterocycles. The molecule has 19 heavy (non-hydrogen) atoms. The van der Waals surface area contributed by atoms with Crippen LogP contribution in [0.15, 0.2) is 29.4 Å². The number of aryl methyl sites for hydroxylation is 2. The van der Waals surface area contributed by atoms with Gasteiger partial charge in [0.1, 0.15) is 0 Å². The van der Waals surface area contributed by atoms with Crippen molar-refractivity contribution in [3.05, 3.63) is 35.7 Å². The molecule has 1 aromatic heterocycles. The average Bonchev–Trinajstić information content (AvgIpc) is 2.68. The summed E-state index contributed by atoms with van der Waals surface area (Å²) in [5.74, 6) is 0. The maximum Gasteiger partial charge on any atom is 0.262 e. The molecule has 6 nitrogen and oxygen atoms in total. The molecule has 0 atom stereocenters. The van der Waals surface area contributed by atoms with Crippen molar-refractivity contribution in [2.45, 2.75) is 18.7 Å². The second-order valence-electron chi connectivity index (χ2n) is 4.43. The van der Waals surface area contributed by atoms with Crippen LogP contribution in [0.2, 0.25) is 0 Å². The Bertz CT molecular complexity index is 719. The molecule has 0 aliphatic carbocycles. The van der Waals surface area contributed by atoms with E-state index in [4.69, 9.17) is 5.73 Å². The lowest BCUT2D eigenvalue weighted by Gasteiger charge is -2.13. The van der Waals surface area contributed by atoms with Gasteiger partial charge in [-0.3, -0.25) is 9.40 Å². The summed E-state index contributed by atoms with van der Waals surface area (Å²) in [6, 6.07) is 3.40. The number of sulfonamides is 1. The van der Waals surface area contributed by atoms with Gasteiger partial charge in [0.15, 0.2) is 0 Å². The topological polar surface area (TPSA) is 90.0 Å². The standard InChI is InChI=1S/C12H16N4O2S/c1-8-4-5-11(13)9(2)12(8)19(17,18)15-10-6-14-16(3)7-10/h4-7,15H,13H2,1-3H3. The molecule has 0 aliphatic heterocycles. The first kappa shape index (κ1) is 13.4. The number of aromatic nitrogens is 2. The van der Waals surface area contributed by atoms with Gasteiger partial charge in [0.05, 0.1) is 16.8 Å². The highest BCUT2D eigenvalue weighted by Crippen LogP contribution is 2.26. The van der Waals surface area contributed by atoms with Gasteiger partial charge in [0.25, 0.3) is 10.0 Å². The first-order valence-electron chi connectivity index (χ1n) is 5.68. The number of nitrogens with zero attached hydrogens (tertiary/aromatic N) is 2. The number of rotatable bonds is 3. The van der Waals surface area contributed by atoms with Gasteiger partial charge in [0.2, 0.25) is 0 Å². The van der Waals surface area contributed by atoms with Crippen molar-refractivity contribution in [1.82, 2.24) is 9.78 Å². The second kappa shape index (κ2) is 4.58. The number of hydrogen-bond acceptors (Lipinski definition) is 4.